The Morgan fingerprint density at radius 2 is 1.87 bits per heavy atom. The van der Waals surface area contributed by atoms with Gasteiger partial charge in [-0.3, -0.25) is 0 Å². The van der Waals surface area contributed by atoms with Crippen LogP contribution in [0.1, 0.15) is 5.56 Å². The summed E-state index contributed by atoms with van der Waals surface area (Å²) in [7, 11) is 0. The van der Waals surface area contributed by atoms with Crippen LogP contribution in [0, 0.1) is 0 Å². The fourth-order valence-electron chi connectivity index (χ4n) is 1.73. The lowest BCUT2D eigenvalue weighted by Crippen LogP contribution is -1.89. The van der Waals surface area contributed by atoms with Crippen LogP contribution in [-0.2, 0) is 6.42 Å². The van der Waals surface area contributed by atoms with E-state index in [-0.39, 0.29) is 0 Å². The molecule has 0 saturated heterocycles. The highest BCUT2D eigenvalue weighted by Crippen LogP contribution is 2.18. The zero-order chi connectivity index (χ0) is 10.5. The molecule has 0 aliphatic heterocycles. The second-order valence-electron chi connectivity index (χ2n) is 3.34. The normalized spacial score (nSPS) is 9.87. The molecule has 2 aromatic rings. The van der Waals surface area contributed by atoms with Gasteiger partial charge in [0.1, 0.15) is 0 Å². The maximum atomic E-state index is 8.22. The molecule has 0 aromatic heterocycles. The summed E-state index contributed by atoms with van der Waals surface area (Å²) in [6.07, 6.45) is 0.797. The Labute approximate surface area is 88.0 Å². The molecule has 74 valence electrons. The zero-order valence-corrected chi connectivity index (χ0v) is 8.30. The fourth-order valence-corrected chi connectivity index (χ4v) is 1.73. The second-order valence-corrected chi connectivity index (χ2v) is 3.34. The van der Waals surface area contributed by atoms with E-state index in [9.17, 15) is 0 Å². The molecule has 0 heterocycles. The molecule has 0 radical (unpaired) electrons. The van der Waals surface area contributed by atoms with Gasteiger partial charge in [-0.05, 0) is 28.3 Å². The van der Waals surface area contributed by atoms with E-state index in [0.29, 0.717) is 6.54 Å². The van der Waals surface area contributed by atoms with Gasteiger partial charge in [0.25, 0.3) is 0 Å². The molecule has 0 bridgehead atoms. The van der Waals surface area contributed by atoms with E-state index in [4.69, 9.17) is 5.53 Å². The van der Waals surface area contributed by atoms with Gasteiger partial charge in [-0.15, -0.1) is 0 Å². The van der Waals surface area contributed by atoms with E-state index >= 15 is 0 Å². The van der Waals surface area contributed by atoms with Gasteiger partial charge in [0.15, 0.2) is 0 Å². The average Bonchev–Trinajstić information content (AvgIpc) is 2.30. The SMILES string of the molecule is [N-]=[N+]=NCCc1cccc2ccccc12. The van der Waals surface area contributed by atoms with E-state index in [2.05, 4.69) is 34.3 Å². The molecule has 0 amide bonds. The fraction of sp³-hybridized carbons (Fsp3) is 0.167. The van der Waals surface area contributed by atoms with Gasteiger partial charge in [-0.25, -0.2) is 0 Å². The van der Waals surface area contributed by atoms with Crippen molar-refractivity contribution in [1.29, 1.82) is 0 Å². The lowest BCUT2D eigenvalue weighted by Gasteiger charge is -2.03. The third-order valence-corrected chi connectivity index (χ3v) is 2.42. The van der Waals surface area contributed by atoms with Crippen LogP contribution in [-0.4, -0.2) is 6.54 Å². The highest BCUT2D eigenvalue weighted by molar-refractivity contribution is 5.85. The number of azide groups is 1. The Hall–Kier alpha value is -1.99. The van der Waals surface area contributed by atoms with Crippen molar-refractivity contribution in [1.82, 2.24) is 0 Å². The van der Waals surface area contributed by atoms with Crippen molar-refractivity contribution < 1.29 is 0 Å². The predicted molar refractivity (Wildman–Crippen MR) is 61.7 cm³/mol. The molecule has 2 aromatic carbocycles. The second kappa shape index (κ2) is 4.49. The van der Waals surface area contributed by atoms with Crippen molar-refractivity contribution in [3.8, 4) is 0 Å². The summed E-state index contributed by atoms with van der Waals surface area (Å²) in [5.74, 6) is 0. The Balaban J connectivity index is 2.37. The Bertz CT molecular complexity index is 508. The smallest absolute Gasteiger partial charge is 0.0298 e. The predicted octanol–water partition coefficient (Wildman–Crippen LogP) is 3.69. The van der Waals surface area contributed by atoms with Gasteiger partial charge in [-0.1, -0.05) is 47.6 Å². The van der Waals surface area contributed by atoms with Gasteiger partial charge < -0.3 is 0 Å². The van der Waals surface area contributed by atoms with E-state index < -0.39 is 0 Å². The molecule has 0 aliphatic rings. The van der Waals surface area contributed by atoms with E-state index in [1.165, 1.54) is 16.3 Å². The summed E-state index contributed by atoms with van der Waals surface area (Å²) in [6.45, 7) is 0.518. The molecule has 15 heavy (non-hydrogen) atoms. The van der Waals surface area contributed by atoms with E-state index in [1.54, 1.807) is 0 Å². The lowest BCUT2D eigenvalue weighted by atomic mass is 10.0. The number of benzene rings is 2. The first-order valence-electron chi connectivity index (χ1n) is 4.89. The summed E-state index contributed by atoms with van der Waals surface area (Å²) >= 11 is 0. The minimum Gasteiger partial charge on any atom is -0.0936 e. The van der Waals surface area contributed by atoms with Crippen LogP contribution in [0.25, 0.3) is 21.2 Å². The third-order valence-electron chi connectivity index (χ3n) is 2.42. The maximum absolute atomic E-state index is 8.22. The number of rotatable bonds is 3. The number of nitrogens with zero attached hydrogens (tertiary/aromatic N) is 3. The van der Waals surface area contributed by atoms with Crippen molar-refractivity contribution in [3.63, 3.8) is 0 Å². The monoisotopic (exact) mass is 197 g/mol. The standard InChI is InChI=1S/C12H11N3/c13-15-14-9-8-11-6-3-5-10-4-1-2-7-12(10)11/h1-7H,8-9H2. The van der Waals surface area contributed by atoms with Crippen molar-refractivity contribution in [2.24, 2.45) is 5.11 Å². The van der Waals surface area contributed by atoms with E-state index in [0.717, 1.165) is 6.42 Å². The van der Waals surface area contributed by atoms with Crippen LogP contribution >= 0.6 is 0 Å². The summed E-state index contributed by atoms with van der Waals surface area (Å²) in [5.41, 5.74) is 9.45. The number of hydrogen-bond acceptors (Lipinski definition) is 1. The van der Waals surface area contributed by atoms with Crippen molar-refractivity contribution in [2.75, 3.05) is 6.54 Å². The molecule has 3 heteroatoms. The highest BCUT2D eigenvalue weighted by atomic mass is 15.1. The molecule has 2 rings (SSSR count). The molecular formula is C12H11N3. The van der Waals surface area contributed by atoms with Crippen LogP contribution < -0.4 is 0 Å². The molecule has 0 aliphatic carbocycles. The molecule has 0 spiro atoms. The van der Waals surface area contributed by atoms with Gasteiger partial charge >= 0.3 is 0 Å². The summed E-state index contributed by atoms with van der Waals surface area (Å²) in [6, 6.07) is 14.4. The molecular weight excluding hydrogens is 186 g/mol. The molecule has 0 saturated carbocycles. The lowest BCUT2D eigenvalue weighted by molar-refractivity contribution is 0.964. The van der Waals surface area contributed by atoms with Gasteiger partial charge in [0, 0.05) is 11.5 Å². The molecule has 3 nitrogen and oxygen atoms in total. The Morgan fingerprint density at radius 1 is 1.07 bits per heavy atom. The molecule has 0 unspecified atom stereocenters. The summed E-state index contributed by atoms with van der Waals surface area (Å²) in [4.78, 5) is 2.76. The summed E-state index contributed by atoms with van der Waals surface area (Å²) in [5, 5.41) is 6.03. The van der Waals surface area contributed by atoms with Gasteiger partial charge in [-0.2, -0.15) is 0 Å². The van der Waals surface area contributed by atoms with Crippen LogP contribution in [0.5, 0.6) is 0 Å². The van der Waals surface area contributed by atoms with Crippen LogP contribution in [0.15, 0.2) is 47.6 Å². The minimum atomic E-state index is 0.518. The largest absolute Gasteiger partial charge is 0.0936 e. The van der Waals surface area contributed by atoms with E-state index in [1.807, 2.05) is 18.2 Å². The van der Waals surface area contributed by atoms with Crippen LogP contribution in [0.4, 0.5) is 0 Å². The van der Waals surface area contributed by atoms with Crippen molar-refractivity contribution in [2.45, 2.75) is 6.42 Å². The minimum absolute atomic E-state index is 0.518. The number of fused-ring (bicyclic) bond motifs is 1. The van der Waals surface area contributed by atoms with Crippen LogP contribution in [0.2, 0.25) is 0 Å². The Kier molecular flexibility index (Phi) is 2.86. The van der Waals surface area contributed by atoms with Crippen LogP contribution in [0.3, 0.4) is 0 Å². The average molecular weight is 197 g/mol. The highest BCUT2D eigenvalue weighted by Gasteiger charge is 1.98. The number of hydrogen-bond donors (Lipinski definition) is 0. The first-order valence-corrected chi connectivity index (χ1v) is 4.89. The maximum Gasteiger partial charge on any atom is 0.0298 e. The van der Waals surface area contributed by atoms with Gasteiger partial charge in [0.2, 0.25) is 0 Å². The van der Waals surface area contributed by atoms with Crippen molar-refractivity contribution >= 4 is 10.8 Å². The third kappa shape index (κ3) is 2.09. The summed E-state index contributed by atoms with van der Waals surface area (Å²) < 4.78 is 0. The molecule has 0 atom stereocenters. The molecule has 0 fully saturated rings. The topological polar surface area (TPSA) is 48.8 Å². The zero-order valence-electron chi connectivity index (χ0n) is 8.30. The Morgan fingerprint density at radius 3 is 2.73 bits per heavy atom. The molecule has 0 N–H and O–H groups in total. The van der Waals surface area contributed by atoms with Crippen molar-refractivity contribution in [3.05, 3.63) is 58.5 Å². The first-order chi connectivity index (χ1) is 7.42. The quantitative estimate of drug-likeness (QED) is 0.409. The van der Waals surface area contributed by atoms with Gasteiger partial charge in [0.05, 0.1) is 0 Å². The first kappa shape index (κ1) is 9.56.